The fraction of sp³-hybridized carbons (Fsp3) is 0.120. The highest BCUT2D eigenvalue weighted by atomic mass is 35.5. The lowest BCUT2D eigenvalue weighted by Gasteiger charge is -2.20. The van der Waals surface area contributed by atoms with Gasteiger partial charge in [0.15, 0.2) is 0 Å². The molecule has 0 fully saturated rings. The van der Waals surface area contributed by atoms with E-state index >= 15 is 0 Å². The van der Waals surface area contributed by atoms with E-state index in [9.17, 15) is 0 Å². The summed E-state index contributed by atoms with van der Waals surface area (Å²) in [6, 6.07) is 21.9. The number of aromatic nitrogens is 4. The van der Waals surface area contributed by atoms with Crippen LogP contribution < -0.4 is 10.7 Å². The number of fused-ring (bicyclic) bond motifs is 2. The first kappa shape index (κ1) is 20.2. The van der Waals surface area contributed by atoms with Gasteiger partial charge >= 0.3 is 0 Å². The lowest BCUT2D eigenvalue weighted by Crippen LogP contribution is -2.17. The molecule has 158 valence electrons. The van der Waals surface area contributed by atoms with E-state index in [2.05, 4.69) is 45.8 Å². The van der Waals surface area contributed by atoms with Crippen molar-refractivity contribution in [3.63, 3.8) is 0 Å². The van der Waals surface area contributed by atoms with Crippen molar-refractivity contribution < 1.29 is 0 Å². The van der Waals surface area contributed by atoms with Crippen molar-refractivity contribution in [2.24, 2.45) is 4.99 Å². The van der Waals surface area contributed by atoms with Gasteiger partial charge in [-0.2, -0.15) is 0 Å². The summed E-state index contributed by atoms with van der Waals surface area (Å²) >= 11 is 6.16. The molecule has 1 aromatic heterocycles. The zero-order valence-corrected chi connectivity index (χ0v) is 18.5. The van der Waals surface area contributed by atoms with Gasteiger partial charge in [0.2, 0.25) is 5.95 Å². The zero-order valence-electron chi connectivity index (χ0n) is 17.7. The Morgan fingerprint density at radius 2 is 1.69 bits per heavy atom. The molecule has 0 atom stereocenters. The predicted octanol–water partition coefficient (Wildman–Crippen LogP) is 5.63. The molecule has 0 amide bonds. The SMILES string of the molecule is CC(C)N=c1cc2n(-c3ccc(Cl)cc3)c3ccccc3nc-2cc1Nc1ncccn1. The molecule has 2 aromatic carbocycles. The van der Waals surface area contributed by atoms with E-state index < -0.39 is 0 Å². The molecule has 1 aliphatic carbocycles. The molecule has 7 heteroatoms. The second kappa shape index (κ2) is 8.40. The Morgan fingerprint density at radius 1 is 0.938 bits per heavy atom. The predicted molar refractivity (Wildman–Crippen MR) is 129 cm³/mol. The molecular weight excluding hydrogens is 420 g/mol. The van der Waals surface area contributed by atoms with Crippen LogP contribution in [0.4, 0.5) is 11.6 Å². The van der Waals surface area contributed by atoms with Crippen LogP contribution in [0.3, 0.4) is 0 Å². The summed E-state index contributed by atoms with van der Waals surface area (Å²) in [7, 11) is 0. The summed E-state index contributed by atoms with van der Waals surface area (Å²) < 4.78 is 2.19. The molecule has 5 rings (SSSR count). The van der Waals surface area contributed by atoms with Crippen LogP contribution in [0.15, 0.2) is 84.1 Å². The van der Waals surface area contributed by atoms with E-state index in [1.165, 1.54) is 0 Å². The number of nitrogens with zero attached hydrogens (tertiary/aromatic N) is 5. The van der Waals surface area contributed by atoms with E-state index in [-0.39, 0.29) is 6.04 Å². The molecule has 32 heavy (non-hydrogen) atoms. The molecule has 2 aliphatic rings. The number of hydrogen-bond acceptors (Lipinski definition) is 5. The van der Waals surface area contributed by atoms with Crippen molar-refractivity contribution in [3.05, 3.63) is 89.5 Å². The molecule has 0 bridgehead atoms. The second-order valence-corrected chi connectivity index (χ2v) is 8.13. The van der Waals surface area contributed by atoms with E-state index in [4.69, 9.17) is 21.6 Å². The van der Waals surface area contributed by atoms with Gasteiger partial charge < -0.3 is 9.88 Å². The minimum absolute atomic E-state index is 0.113. The molecule has 1 N–H and O–H groups in total. The minimum atomic E-state index is 0.113. The highest BCUT2D eigenvalue weighted by molar-refractivity contribution is 6.30. The van der Waals surface area contributed by atoms with Gasteiger partial charge in [-0.25, -0.2) is 15.0 Å². The maximum atomic E-state index is 6.16. The van der Waals surface area contributed by atoms with Crippen LogP contribution in [0.1, 0.15) is 13.8 Å². The van der Waals surface area contributed by atoms with Crippen molar-refractivity contribution in [2.75, 3.05) is 5.32 Å². The van der Waals surface area contributed by atoms with E-state index in [0.717, 1.165) is 39.2 Å². The average Bonchev–Trinajstić information content (AvgIpc) is 2.79. The van der Waals surface area contributed by atoms with Crippen molar-refractivity contribution in [1.29, 1.82) is 0 Å². The third-order valence-electron chi connectivity index (χ3n) is 4.99. The first-order chi connectivity index (χ1) is 15.6. The Hall–Kier alpha value is -3.77. The van der Waals surface area contributed by atoms with Gasteiger partial charge in [0.25, 0.3) is 0 Å². The first-order valence-electron chi connectivity index (χ1n) is 10.4. The number of rotatable bonds is 4. The fourth-order valence-electron chi connectivity index (χ4n) is 3.68. The molecule has 0 saturated heterocycles. The van der Waals surface area contributed by atoms with Crippen LogP contribution in [0.25, 0.3) is 28.1 Å². The van der Waals surface area contributed by atoms with Crippen molar-refractivity contribution in [1.82, 2.24) is 19.5 Å². The lowest BCUT2D eigenvalue weighted by atomic mass is 10.1. The summed E-state index contributed by atoms with van der Waals surface area (Å²) in [6.07, 6.45) is 3.41. The standard InChI is InChI=1S/C25H21ClN6/c1-16(2)29-21-15-24-22(14-20(21)31-25-27-12-5-13-28-25)30-19-6-3-4-7-23(19)32(24)18-10-8-17(26)9-11-18/h3-16H,1-2H3,(H,27,28,31). The van der Waals surface area contributed by atoms with E-state index in [1.54, 1.807) is 18.5 Å². The summed E-state index contributed by atoms with van der Waals surface area (Å²) in [5, 5.41) is 4.82. The maximum absolute atomic E-state index is 6.16. The normalized spacial score (nSPS) is 12.1. The number of nitrogens with one attached hydrogen (secondary N) is 1. The molecule has 1 aliphatic heterocycles. The lowest BCUT2D eigenvalue weighted by molar-refractivity contribution is 0.805. The molecule has 0 radical (unpaired) electrons. The van der Waals surface area contributed by atoms with Gasteiger partial charge in [0.05, 0.1) is 33.5 Å². The largest absolute Gasteiger partial charge is 0.322 e. The minimum Gasteiger partial charge on any atom is -0.322 e. The average molecular weight is 441 g/mol. The number of para-hydroxylation sites is 2. The monoisotopic (exact) mass is 440 g/mol. The summed E-state index contributed by atoms with van der Waals surface area (Å²) in [5.41, 5.74) is 5.49. The number of hydrogen-bond donors (Lipinski definition) is 1. The Balaban J connectivity index is 1.83. The van der Waals surface area contributed by atoms with Gasteiger partial charge in [-0.1, -0.05) is 23.7 Å². The highest BCUT2D eigenvalue weighted by Crippen LogP contribution is 2.30. The Kier molecular flexibility index (Phi) is 5.29. The first-order valence-corrected chi connectivity index (χ1v) is 10.8. The second-order valence-electron chi connectivity index (χ2n) is 7.69. The van der Waals surface area contributed by atoms with Gasteiger partial charge in [0.1, 0.15) is 0 Å². The van der Waals surface area contributed by atoms with Gasteiger partial charge in [-0.3, -0.25) is 4.99 Å². The Labute approximate surface area is 190 Å². The smallest absolute Gasteiger partial charge is 0.227 e. The van der Waals surface area contributed by atoms with Gasteiger partial charge in [0, 0.05) is 29.1 Å². The zero-order chi connectivity index (χ0) is 22.1. The van der Waals surface area contributed by atoms with Crippen molar-refractivity contribution >= 4 is 34.3 Å². The fourth-order valence-corrected chi connectivity index (χ4v) is 3.81. The quantitative estimate of drug-likeness (QED) is 0.368. The van der Waals surface area contributed by atoms with Gasteiger partial charge in [-0.15, -0.1) is 0 Å². The number of anilines is 2. The van der Waals surface area contributed by atoms with E-state index in [0.29, 0.717) is 11.0 Å². The van der Waals surface area contributed by atoms with Crippen LogP contribution >= 0.6 is 11.6 Å². The van der Waals surface area contributed by atoms with Crippen LogP contribution in [0.2, 0.25) is 5.02 Å². The summed E-state index contributed by atoms with van der Waals surface area (Å²) in [5.74, 6) is 0.512. The van der Waals surface area contributed by atoms with Crippen molar-refractivity contribution in [2.45, 2.75) is 19.9 Å². The molecule has 0 unspecified atom stereocenters. The third kappa shape index (κ3) is 3.92. The van der Waals surface area contributed by atoms with E-state index in [1.807, 2.05) is 48.5 Å². The third-order valence-corrected chi connectivity index (χ3v) is 5.24. The van der Waals surface area contributed by atoms with Gasteiger partial charge in [-0.05, 0) is 68.4 Å². The van der Waals surface area contributed by atoms with Crippen LogP contribution in [0.5, 0.6) is 0 Å². The number of benzene rings is 3. The van der Waals surface area contributed by atoms with Crippen LogP contribution in [0, 0.1) is 0 Å². The maximum Gasteiger partial charge on any atom is 0.227 e. The summed E-state index contributed by atoms with van der Waals surface area (Å²) in [4.78, 5) is 18.4. The molecule has 6 nitrogen and oxygen atoms in total. The molecule has 2 heterocycles. The molecular formula is C25H21ClN6. The van der Waals surface area contributed by atoms with Crippen LogP contribution in [-0.4, -0.2) is 25.6 Å². The number of halogens is 1. The van der Waals surface area contributed by atoms with Crippen molar-refractivity contribution in [3.8, 4) is 17.1 Å². The Morgan fingerprint density at radius 3 is 2.44 bits per heavy atom. The summed E-state index contributed by atoms with van der Waals surface area (Å²) in [6.45, 7) is 4.11. The molecule has 0 saturated carbocycles. The topological polar surface area (TPSA) is 68.0 Å². The van der Waals surface area contributed by atoms with Crippen LogP contribution in [-0.2, 0) is 0 Å². The molecule has 3 aromatic rings. The molecule has 0 spiro atoms. The Bertz CT molecular complexity index is 1430. The highest BCUT2D eigenvalue weighted by Gasteiger charge is 2.17.